The van der Waals surface area contributed by atoms with Crippen molar-refractivity contribution in [3.63, 3.8) is 0 Å². The molecule has 4 nitrogen and oxygen atoms in total. The van der Waals surface area contributed by atoms with E-state index in [1.165, 1.54) is 0 Å². The molecule has 0 radical (unpaired) electrons. The van der Waals surface area contributed by atoms with Crippen LogP contribution >= 0.6 is 0 Å². The van der Waals surface area contributed by atoms with Crippen LogP contribution < -0.4 is 0 Å². The molecule has 0 bridgehead atoms. The van der Waals surface area contributed by atoms with E-state index in [-0.39, 0.29) is 0 Å². The van der Waals surface area contributed by atoms with Crippen LogP contribution in [0.25, 0.3) is 0 Å². The molecule has 0 spiro atoms. The summed E-state index contributed by atoms with van der Waals surface area (Å²) >= 11 is 0. The van der Waals surface area contributed by atoms with Crippen LogP contribution in [0, 0.1) is 5.92 Å². The molecule has 0 aromatic heterocycles. The minimum Gasteiger partial charge on any atom is -0.480 e. The molecule has 1 aliphatic rings. The van der Waals surface area contributed by atoms with Gasteiger partial charge in [0.15, 0.2) is 0 Å². The lowest BCUT2D eigenvalue weighted by Gasteiger charge is -2.42. The maximum Gasteiger partial charge on any atom is 0.323 e. The molecule has 1 rings (SSSR count). The Bertz CT molecular complexity index is 259. The molecular formula is C13H25NO3. The van der Waals surface area contributed by atoms with E-state index in [0.29, 0.717) is 18.4 Å². The average molecular weight is 243 g/mol. The van der Waals surface area contributed by atoms with E-state index < -0.39 is 11.5 Å². The lowest BCUT2D eigenvalue weighted by Crippen LogP contribution is -2.56. The third-order valence-corrected chi connectivity index (χ3v) is 3.74. The fraction of sp³-hybridized carbons (Fsp3) is 0.923. The van der Waals surface area contributed by atoms with Gasteiger partial charge in [-0.3, -0.25) is 9.69 Å². The number of nitrogens with zero attached hydrogens (tertiary/aromatic N) is 1. The number of aliphatic carboxylic acids is 1. The molecule has 17 heavy (non-hydrogen) atoms. The normalized spacial score (nSPS) is 22.6. The number of methoxy groups -OCH3 is 1. The van der Waals surface area contributed by atoms with Gasteiger partial charge < -0.3 is 9.84 Å². The van der Waals surface area contributed by atoms with Gasteiger partial charge in [-0.05, 0) is 32.1 Å². The van der Waals surface area contributed by atoms with Crippen LogP contribution in [0.15, 0.2) is 0 Å². The largest absolute Gasteiger partial charge is 0.480 e. The summed E-state index contributed by atoms with van der Waals surface area (Å²) in [6, 6.07) is 0. The predicted octanol–water partition coefficient (Wildman–Crippen LogP) is 1.99. The molecule has 1 atom stereocenters. The smallest absolute Gasteiger partial charge is 0.323 e. The highest BCUT2D eigenvalue weighted by atomic mass is 16.5. The monoisotopic (exact) mass is 243 g/mol. The number of carboxylic acid groups (broad SMARTS) is 1. The molecule has 1 N–H and O–H groups in total. The van der Waals surface area contributed by atoms with E-state index in [4.69, 9.17) is 4.74 Å². The molecule has 0 aromatic carbocycles. The summed E-state index contributed by atoms with van der Waals surface area (Å²) in [5.41, 5.74) is -0.729. The van der Waals surface area contributed by atoms with Crippen molar-refractivity contribution in [1.82, 2.24) is 4.90 Å². The molecule has 0 saturated carbocycles. The third-order valence-electron chi connectivity index (χ3n) is 3.74. The van der Waals surface area contributed by atoms with Crippen LogP contribution in [0.4, 0.5) is 0 Å². The van der Waals surface area contributed by atoms with Crippen molar-refractivity contribution in [2.45, 2.75) is 51.7 Å². The second-order valence-electron chi connectivity index (χ2n) is 5.60. The van der Waals surface area contributed by atoms with Crippen LogP contribution in [0.2, 0.25) is 0 Å². The molecule has 1 saturated heterocycles. The van der Waals surface area contributed by atoms with Crippen LogP contribution in [-0.2, 0) is 9.53 Å². The Morgan fingerprint density at radius 2 is 2.00 bits per heavy atom. The second kappa shape index (κ2) is 5.83. The second-order valence-corrected chi connectivity index (χ2v) is 5.60. The zero-order chi connectivity index (χ0) is 13.1. The van der Waals surface area contributed by atoms with E-state index in [9.17, 15) is 9.90 Å². The van der Waals surface area contributed by atoms with Crippen molar-refractivity contribution < 1.29 is 14.6 Å². The van der Waals surface area contributed by atoms with Gasteiger partial charge in [0.1, 0.15) is 5.54 Å². The van der Waals surface area contributed by atoms with E-state index in [1.807, 2.05) is 6.92 Å². The highest BCUT2D eigenvalue weighted by molar-refractivity contribution is 5.78. The Hall–Kier alpha value is -0.610. The first kappa shape index (κ1) is 14.5. The Kier molecular flexibility index (Phi) is 4.95. The molecule has 0 amide bonds. The molecule has 0 aliphatic carbocycles. The molecule has 1 heterocycles. The SMILES string of the molecule is COC1CCN(C(C)(CC(C)C)C(=O)O)CC1. The molecule has 100 valence electrons. The Balaban J connectivity index is 2.69. The summed E-state index contributed by atoms with van der Waals surface area (Å²) in [7, 11) is 1.73. The number of hydrogen-bond donors (Lipinski definition) is 1. The van der Waals surface area contributed by atoms with Gasteiger partial charge in [0, 0.05) is 20.2 Å². The summed E-state index contributed by atoms with van der Waals surface area (Å²) in [6.07, 6.45) is 2.85. The molecule has 4 heteroatoms. The van der Waals surface area contributed by atoms with Crippen molar-refractivity contribution in [2.75, 3.05) is 20.2 Å². The zero-order valence-electron chi connectivity index (χ0n) is 11.4. The number of carbonyl (C=O) groups is 1. The van der Waals surface area contributed by atoms with Crippen LogP contribution in [0.5, 0.6) is 0 Å². The summed E-state index contributed by atoms with van der Waals surface area (Å²) in [4.78, 5) is 13.6. The average Bonchev–Trinajstić information content (AvgIpc) is 2.28. The number of likely N-dealkylation sites (tertiary alicyclic amines) is 1. The first-order chi connectivity index (χ1) is 7.90. The first-order valence-corrected chi connectivity index (χ1v) is 6.41. The number of hydrogen-bond acceptors (Lipinski definition) is 3. The highest BCUT2D eigenvalue weighted by Crippen LogP contribution is 2.28. The maximum atomic E-state index is 11.5. The Morgan fingerprint density at radius 3 is 2.35 bits per heavy atom. The van der Waals surface area contributed by atoms with Gasteiger partial charge >= 0.3 is 5.97 Å². The quantitative estimate of drug-likeness (QED) is 0.802. The van der Waals surface area contributed by atoms with Crippen LogP contribution in [0.1, 0.15) is 40.0 Å². The standard InChI is InChI=1S/C13H25NO3/c1-10(2)9-13(3,12(15)16)14-7-5-11(17-4)6-8-14/h10-11H,5-9H2,1-4H3,(H,15,16). The van der Waals surface area contributed by atoms with Crippen molar-refractivity contribution in [1.29, 1.82) is 0 Å². The maximum absolute atomic E-state index is 11.5. The van der Waals surface area contributed by atoms with Crippen LogP contribution in [-0.4, -0.2) is 47.8 Å². The van der Waals surface area contributed by atoms with Crippen molar-refractivity contribution in [3.8, 4) is 0 Å². The number of ether oxygens (including phenoxy) is 1. The summed E-state index contributed by atoms with van der Waals surface area (Å²) in [6.45, 7) is 7.62. The van der Waals surface area contributed by atoms with E-state index >= 15 is 0 Å². The van der Waals surface area contributed by atoms with Crippen molar-refractivity contribution in [3.05, 3.63) is 0 Å². The Morgan fingerprint density at radius 1 is 1.47 bits per heavy atom. The number of piperidine rings is 1. The number of rotatable bonds is 5. The minimum atomic E-state index is -0.729. The van der Waals surface area contributed by atoms with Gasteiger partial charge in [0.2, 0.25) is 0 Å². The van der Waals surface area contributed by atoms with Crippen LogP contribution in [0.3, 0.4) is 0 Å². The molecule has 0 aromatic rings. The summed E-state index contributed by atoms with van der Waals surface area (Å²) in [5, 5.41) is 9.48. The van der Waals surface area contributed by atoms with Crippen molar-refractivity contribution >= 4 is 5.97 Å². The lowest BCUT2D eigenvalue weighted by molar-refractivity contribution is -0.153. The fourth-order valence-electron chi connectivity index (χ4n) is 2.73. The Labute approximate surface area is 104 Å². The van der Waals surface area contributed by atoms with Gasteiger partial charge in [0.25, 0.3) is 0 Å². The summed E-state index contributed by atoms with van der Waals surface area (Å²) < 4.78 is 5.32. The minimum absolute atomic E-state index is 0.295. The lowest BCUT2D eigenvalue weighted by atomic mass is 9.87. The summed E-state index contributed by atoms with van der Waals surface area (Å²) in [5.74, 6) is -0.321. The number of carboxylic acids is 1. The zero-order valence-corrected chi connectivity index (χ0v) is 11.4. The van der Waals surface area contributed by atoms with E-state index in [2.05, 4.69) is 18.7 Å². The van der Waals surface area contributed by atoms with Crippen molar-refractivity contribution in [2.24, 2.45) is 5.92 Å². The van der Waals surface area contributed by atoms with Gasteiger partial charge in [-0.15, -0.1) is 0 Å². The molecule has 1 fully saturated rings. The van der Waals surface area contributed by atoms with Gasteiger partial charge in [-0.2, -0.15) is 0 Å². The first-order valence-electron chi connectivity index (χ1n) is 6.41. The fourth-order valence-corrected chi connectivity index (χ4v) is 2.73. The highest BCUT2D eigenvalue weighted by Gasteiger charge is 2.41. The topological polar surface area (TPSA) is 49.8 Å². The van der Waals surface area contributed by atoms with Gasteiger partial charge in [0.05, 0.1) is 6.10 Å². The molecule has 1 aliphatic heterocycles. The van der Waals surface area contributed by atoms with E-state index in [1.54, 1.807) is 7.11 Å². The molecular weight excluding hydrogens is 218 g/mol. The third kappa shape index (κ3) is 3.42. The van der Waals surface area contributed by atoms with Gasteiger partial charge in [-0.25, -0.2) is 0 Å². The predicted molar refractivity (Wildman–Crippen MR) is 67.1 cm³/mol. The molecule has 1 unspecified atom stereocenters. The van der Waals surface area contributed by atoms with E-state index in [0.717, 1.165) is 25.9 Å². The van der Waals surface area contributed by atoms with Gasteiger partial charge in [-0.1, -0.05) is 13.8 Å².